The van der Waals surface area contributed by atoms with Crippen molar-refractivity contribution >= 4 is 33.0 Å². The number of carbonyl (C=O) groups excluding carboxylic acids is 1. The lowest BCUT2D eigenvalue weighted by molar-refractivity contribution is -0.116. The van der Waals surface area contributed by atoms with Crippen LogP contribution >= 0.6 is 0 Å². The molecule has 0 saturated heterocycles. The van der Waals surface area contributed by atoms with Crippen LogP contribution in [0.4, 0.5) is 17.1 Å². The quantitative estimate of drug-likeness (QED) is 0.758. The van der Waals surface area contributed by atoms with Gasteiger partial charge in [-0.1, -0.05) is 18.2 Å². The number of sulfonamides is 1. The maximum atomic E-state index is 12.1. The minimum atomic E-state index is -3.30. The first-order valence-corrected chi connectivity index (χ1v) is 8.93. The highest BCUT2D eigenvalue weighted by atomic mass is 32.2. The van der Waals surface area contributed by atoms with Gasteiger partial charge in [0.2, 0.25) is 15.9 Å². The minimum absolute atomic E-state index is 0.158. The van der Waals surface area contributed by atoms with Gasteiger partial charge in [0.25, 0.3) is 0 Å². The third-order valence-corrected chi connectivity index (χ3v) is 3.61. The fourth-order valence-corrected chi connectivity index (χ4v) is 2.50. The number of nitrogens with one attached hydrogen (secondary N) is 3. The third-order valence-electron chi connectivity index (χ3n) is 3.01. The van der Waals surface area contributed by atoms with E-state index in [0.29, 0.717) is 5.69 Å². The molecule has 0 aliphatic heterocycles. The summed E-state index contributed by atoms with van der Waals surface area (Å²) in [4.78, 5) is 12.1. The summed E-state index contributed by atoms with van der Waals surface area (Å²) in [5, 5.41) is 5.87. The van der Waals surface area contributed by atoms with Gasteiger partial charge < -0.3 is 10.6 Å². The van der Waals surface area contributed by atoms with E-state index in [0.717, 1.165) is 17.6 Å². The first kappa shape index (κ1) is 16.8. The molecule has 0 aliphatic rings. The Balaban J connectivity index is 1.94. The van der Waals surface area contributed by atoms with Gasteiger partial charge in [0.1, 0.15) is 6.04 Å². The fraction of sp³-hybridized carbons (Fsp3) is 0.188. The van der Waals surface area contributed by atoms with E-state index in [-0.39, 0.29) is 5.91 Å². The van der Waals surface area contributed by atoms with E-state index in [1.165, 1.54) is 0 Å². The topological polar surface area (TPSA) is 87.3 Å². The Morgan fingerprint density at radius 3 is 2.04 bits per heavy atom. The van der Waals surface area contributed by atoms with Crippen molar-refractivity contribution in [1.29, 1.82) is 0 Å². The highest BCUT2D eigenvalue weighted by Crippen LogP contribution is 2.16. The molecule has 0 fully saturated rings. The van der Waals surface area contributed by atoms with Crippen molar-refractivity contribution < 1.29 is 13.2 Å². The monoisotopic (exact) mass is 333 g/mol. The fourth-order valence-electron chi connectivity index (χ4n) is 1.94. The molecule has 1 amide bonds. The van der Waals surface area contributed by atoms with Crippen LogP contribution in [0.5, 0.6) is 0 Å². The molecule has 0 saturated carbocycles. The Labute approximate surface area is 136 Å². The van der Waals surface area contributed by atoms with Crippen LogP contribution in [-0.2, 0) is 14.8 Å². The highest BCUT2D eigenvalue weighted by Gasteiger charge is 2.12. The van der Waals surface area contributed by atoms with Crippen LogP contribution in [0.25, 0.3) is 0 Å². The molecule has 7 heteroatoms. The van der Waals surface area contributed by atoms with Gasteiger partial charge in [0.05, 0.1) is 6.26 Å². The average Bonchev–Trinajstić information content (AvgIpc) is 2.48. The molecule has 23 heavy (non-hydrogen) atoms. The van der Waals surface area contributed by atoms with Gasteiger partial charge in [-0.05, 0) is 43.3 Å². The number of hydrogen-bond donors (Lipinski definition) is 3. The summed E-state index contributed by atoms with van der Waals surface area (Å²) in [6.07, 6.45) is 1.09. The molecule has 0 aliphatic carbocycles. The van der Waals surface area contributed by atoms with Gasteiger partial charge in [-0.3, -0.25) is 9.52 Å². The summed E-state index contributed by atoms with van der Waals surface area (Å²) >= 11 is 0. The summed E-state index contributed by atoms with van der Waals surface area (Å²) in [7, 11) is -3.30. The van der Waals surface area contributed by atoms with E-state index in [4.69, 9.17) is 0 Å². The minimum Gasteiger partial charge on any atom is -0.374 e. The molecule has 0 spiro atoms. The molecule has 2 rings (SSSR count). The first-order chi connectivity index (χ1) is 10.8. The van der Waals surface area contributed by atoms with Gasteiger partial charge in [-0.2, -0.15) is 0 Å². The van der Waals surface area contributed by atoms with E-state index in [2.05, 4.69) is 15.4 Å². The van der Waals surface area contributed by atoms with Crippen LogP contribution in [0, 0.1) is 0 Å². The second-order valence-electron chi connectivity index (χ2n) is 5.17. The Hall–Kier alpha value is -2.54. The van der Waals surface area contributed by atoms with Gasteiger partial charge in [-0.25, -0.2) is 8.42 Å². The summed E-state index contributed by atoms with van der Waals surface area (Å²) in [6.45, 7) is 1.75. The zero-order chi connectivity index (χ0) is 16.9. The van der Waals surface area contributed by atoms with Crippen LogP contribution < -0.4 is 15.4 Å². The summed E-state index contributed by atoms with van der Waals surface area (Å²) in [5.41, 5.74) is 1.93. The summed E-state index contributed by atoms with van der Waals surface area (Å²) < 4.78 is 24.7. The van der Waals surface area contributed by atoms with Crippen LogP contribution in [0.1, 0.15) is 6.92 Å². The number of para-hydroxylation sites is 1. The van der Waals surface area contributed by atoms with E-state index in [1.54, 1.807) is 31.2 Å². The molecular formula is C16H19N3O3S. The lowest BCUT2D eigenvalue weighted by Crippen LogP contribution is -2.31. The Bertz CT molecular complexity index is 759. The molecule has 122 valence electrons. The molecule has 0 bridgehead atoms. The molecule has 2 aromatic rings. The van der Waals surface area contributed by atoms with Crippen molar-refractivity contribution in [2.45, 2.75) is 13.0 Å². The number of benzene rings is 2. The molecule has 3 N–H and O–H groups in total. The normalized spacial score (nSPS) is 12.3. The maximum Gasteiger partial charge on any atom is 0.246 e. The largest absolute Gasteiger partial charge is 0.374 e. The van der Waals surface area contributed by atoms with Crippen molar-refractivity contribution in [3.63, 3.8) is 0 Å². The number of hydrogen-bond acceptors (Lipinski definition) is 4. The number of carbonyl (C=O) groups is 1. The second-order valence-corrected chi connectivity index (χ2v) is 6.92. The standard InChI is InChI=1S/C16H19N3O3S/c1-12(16(20)18-13-6-4-3-5-7-13)17-14-8-10-15(11-9-14)19-23(2,21)22/h3-12,17,19H,1-2H3,(H,18,20). The molecule has 0 aromatic heterocycles. The molecule has 1 unspecified atom stereocenters. The van der Waals surface area contributed by atoms with Crippen LogP contribution in [0.15, 0.2) is 54.6 Å². The molecule has 1 atom stereocenters. The van der Waals surface area contributed by atoms with Gasteiger partial charge >= 0.3 is 0 Å². The number of rotatable bonds is 6. The third kappa shape index (κ3) is 5.63. The maximum absolute atomic E-state index is 12.1. The van der Waals surface area contributed by atoms with Crippen molar-refractivity contribution in [1.82, 2.24) is 0 Å². The predicted octanol–water partition coefficient (Wildman–Crippen LogP) is 2.50. The Morgan fingerprint density at radius 2 is 1.48 bits per heavy atom. The zero-order valence-electron chi connectivity index (χ0n) is 12.9. The van der Waals surface area contributed by atoms with Crippen LogP contribution in [-0.4, -0.2) is 26.6 Å². The van der Waals surface area contributed by atoms with Gasteiger partial charge in [0, 0.05) is 17.1 Å². The smallest absolute Gasteiger partial charge is 0.246 e. The average molecular weight is 333 g/mol. The van der Waals surface area contributed by atoms with Crippen LogP contribution in [0.3, 0.4) is 0 Å². The molecule has 0 radical (unpaired) electrons. The van der Waals surface area contributed by atoms with E-state index in [9.17, 15) is 13.2 Å². The molecular weight excluding hydrogens is 314 g/mol. The number of amides is 1. The lowest BCUT2D eigenvalue weighted by atomic mass is 10.2. The second kappa shape index (κ2) is 7.15. The summed E-state index contributed by atoms with van der Waals surface area (Å²) in [6, 6.07) is 15.4. The van der Waals surface area contributed by atoms with E-state index < -0.39 is 16.1 Å². The van der Waals surface area contributed by atoms with Gasteiger partial charge in [-0.15, -0.1) is 0 Å². The van der Waals surface area contributed by atoms with Crippen molar-refractivity contribution in [2.75, 3.05) is 21.6 Å². The molecule has 0 heterocycles. The van der Waals surface area contributed by atoms with Crippen molar-refractivity contribution in [2.24, 2.45) is 0 Å². The molecule has 2 aromatic carbocycles. The Morgan fingerprint density at radius 1 is 0.913 bits per heavy atom. The van der Waals surface area contributed by atoms with Crippen LogP contribution in [0.2, 0.25) is 0 Å². The molecule has 6 nitrogen and oxygen atoms in total. The number of anilines is 3. The van der Waals surface area contributed by atoms with E-state index >= 15 is 0 Å². The lowest BCUT2D eigenvalue weighted by Gasteiger charge is -2.15. The highest BCUT2D eigenvalue weighted by molar-refractivity contribution is 7.92. The predicted molar refractivity (Wildman–Crippen MR) is 93.1 cm³/mol. The van der Waals surface area contributed by atoms with E-state index in [1.807, 2.05) is 30.3 Å². The van der Waals surface area contributed by atoms with Gasteiger partial charge in [0.15, 0.2) is 0 Å². The van der Waals surface area contributed by atoms with Crippen molar-refractivity contribution in [3.8, 4) is 0 Å². The Kier molecular flexibility index (Phi) is 5.23. The SMILES string of the molecule is CC(Nc1ccc(NS(C)(=O)=O)cc1)C(=O)Nc1ccccc1. The van der Waals surface area contributed by atoms with Crippen molar-refractivity contribution in [3.05, 3.63) is 54.6 Å². The summed E-state index contributed by atoms with van der Waals surface area (Å²) in [5.74, 6) is -0.158. The zero-order valence-corrected chi connectivity index (χ0v) is 13.7. The first-order valence-electron chi connectivity index (χ1n) is 7.04.